The number of hydrogen-bond donors (Lipinski definition) is 1. The molecule has 33 heavy (non-hydrogen) atoms. The highest BCUT2D eigenvalue weighted by atomic mass is 32.1. The highest BCUT2D eigenvalue weighted by Crippen LogP contribution is 2.35. The molecule has 0 radical (unpaired) electrons. The summed E-state index contributed by atoms with van der Waals surface area (Å²) in [6.07, 6.45) is 1.94. The summed E-state index contributed by atoms with van der Waals surface area (Å²) in [5.74, 6) is -1.09. The van der Waals surface area contributed by atoms with Crippen LogP contribution in [0.3, 0.4) is 0 Å². The highest BCUT2D eigenvalue weighted by Gasteiger charge is 2.29. The number of amides is 2. The largest absolute Gasteiger partial charge is 0.462 e. The fraction of sp³-hybridized carbons (Fsp3) is 0.400. The van der Waals surface area contributed by atoms with Crippen LogP contribution in [0.4, 0.5) is 5.00 Å². The first-order valence-corrected chi connectivity index (χ1v) is 12.0. The van der Waals surface area contributed by atoms with E-state index < -0.39 is 5.97 Å². The Morgan fingerprint density at radius 1 is 1.09 bits per heavy atom. The van der Waals surface area contributed by atoms with E-state index in [4.69, 9.17) is 4.74 Å². The van der Waals surface area contributed by atoms with Gasteiger partial charge in [0.15, 0.2) is 0 Å². The smallest absolute Gasteiger partial charge is 0.341 e. The molecule has 0 fully saturated rings. The van der Waals surface area contributed by atoms with E-state index in [1.165, 1.54) is 4.90 Å². The first-order valence-electron chi connectivity index (χ1n) is 11.1. The molecule has 2 amide bonds. The molecule has 0 spiro atoms. The number of anilines is 1. The molecule has 1 N–H and O–H groups in total. The number of nitrogens with zero attached hydrogens (tertiary/aromatic N) is 2. The topological polar surface area (TPSA) is 80.6 Å². The zero-order chi connectivity index (χ0) is 24.3. The van der Waals surface area contributed by atoms with E-state index in [1.807, 2.05) is 35.8 Å². The number of thiophene rings is 1. The summed E-state index contributed by atoms with van der Waals surface area (Å²) in [7, 11) is 3.30. The molecular formula is C25H31N3O4S. The quantitative estimate of drug-likeness (QED) is 0.457. The molecule has 7 nitrogen and oxygen atoms in total. The molecule has 8 heteroatoms. The van der Waals surface area contributed by atoms with Gasteiger partial charge in [-0.2, -0.15) is 0 Å². The van der Waals surface area contributed by atoms with Gasteiger partial charge in [-0.15, -0.1) is 11.3 Å². The molecule has 0 unspecified atom stereocenters. The summed E-state index contributed by atoms with van der Waals surface area (Å²) in [6.45, 7) is 8.39. The molecule has 0 saturated heterocycles. The van der Waals surface area contributed by atoms with Crippen LogP contribution in [0.5, 0.6) is 0 Å². The molecule has 0 aliphatic carbocycles. The molecule has 176 valence electrons. The number of aryl methyl sites for hydroxylation is 2. The van der Waals surface area contributed by atoms with E-state index >= 15 is 0 Å². The van der Waals surface area contributed by atoms with Crippen LogP contribution < -0.4 is 5.32 Å². The Balaban J connectivity index is 2.10. The second kappa shape index (κ2) is 10.2. The van der Waals surface area contributed by atoms with Gasteiger partial charge in [-0.3, -0.25) is 9.59 Å². The normalized spacial score (nSPS) is 11.0. The average Bonchev–Trinajstić information content (AvgIpc) is 3.25. The van der Waals surface area contributed by atoms with Gasteiger partial charge in [-0.05, 0) is 44.4 Å². The fourth-order valence-electron chi connectivity index (χ4n) is 3.94. The minimum atomic E-state index is -0.553. The number of rotatable bonds is 8. The summed E-state index contributed by atoms with van der Waals surface area (Å²) >= 11 is 1.10. The maximum absolute atomic E-state index is 13.6. The van der Waals surface area contributed by atoms with Crippen molar-refractivity contribution in [3.8, 4) is 0 Å². The molecule has 1 aromatic carbocycles. The van der Waals surface area contributed by atoms with Gasteiger partial charge in [0.2, 0.25) is 0 Å². The summed E-state index contributed by atoms with van der Waals surface area (Å²) in [4.78, 5) is 40.8. The predicted molar refractivity (Wildman–Crippen MR) is 133 cm³/mol. The van der Waals surface area contributed by atoms with Gasteiger partial charge in [0.05, 0.1) is 17.0 Å². The Bertz CT molecular complexity index is 1210. The van der Waals surface area contributed by atoms with Gasteiger partial charge in [-0.25, -0.2) is 4.79 Å². The van der Waals surface area contributed by atoms with Crippen molar-refractivity contribution in [3.63, 3.8) is 0 Å². The molecule has 0 atom stereocenters. The number of carbonyl (C=O) groups is 3. The van der Waals surface area contributed by atoms with Crippen LogP contribution in [-0.4, -0.2) is 48.0 Å². The van der Waals surface area contributed by atoms with Crippen LogP contribution in [-0.2, 0) is 11.3 Å². The van der Waals surface area contributed by atoms with Crippen LogP contribution in [0.2, 0.25) is 0 Å². The van der Waals surface area contributed by atoms with Gasteiger partial charge in [0, 0.05) is 31.5 Å². The van der Waals surface area contributed by atoms with Crippen LogP contribution >= 0.6 is 11.3 Å². The molecule has 3 rings (SSSR count). The number of aromatic nitrogens is 1. The SMILES string of the molecule is CCCCn1c(C(=O)Nc2sc(C(=O)N(C)C)c(C)c2C(=O)OCC)c(C)c2ccccc21. The summed E-state index contributed by atoms with van der Waals surface area (Å²) in [5.41, 5.74) is 3.19. The Morgan fingerprint density at radius 2 is 1.79 bits per heavy atom. The summed E-state index contributed by atoms with van der Waals surface area (Å²) < 4.78 is 7.27. The Morgan fingerprint density at radius 3 is 2.42 bits per heavy atom. The fourth-order valence-corrected chi connectivity index (χ4v) is 5.15. The van der Waals surface area contributed by atoms with Crippen molar-refractivity contribution < 1.29 is 19.1 Å². The first-order chi connectivity index (χ1) is 15.7. The van der Waals surface area contributed by atoms with E-state index in [9.17, 15) is 14.4 Å². The Hall–Kier alpha value is -3.13. The van der Waals surface area contributed by atoms with Crippen LogP contribution in [0, 0.1) is 13.8 Å². The van der Waals surface area contributed by atoms with Crippen molar-refractivity contribution in [1.29, 1.82) is 0 Å². The zero-order valence-electron chi connectivity index (χ0n) is 20.1. The maximum atomic E-state index is 13.6. The monoisotopic (exact) mass is 469 g/mol. The number of carbonyl (C=O) groups excluding carboxylic acids is 3. The van der Waals surface area contributed by atoms with Crippen molar-refractivity contribution in [2.24, 2.45) is 0 Å². The van der Waals surface area contributed by atoms with Crippen LogP contribution in [0.15, 0.2) is 24.3 Å². The maximum Gasteiger partial charge on any atom is 0.341 e. The third kappa shape index (κ3) is 4.66. The van der Waals surface area contributed by atoms with E-state index in [-0.39, 0.29) is 24.0 Å². The molecule has 0 saturated carbocycles. The van der Waals surface area contributed by atoms with Crippen LogP contribution in [0.1, 0.15) is 68.3 Å². The number of unbranched alkanes of at least 4 members (excludes halogenated alkanes) is 1. The summed E-state index contributed by atoms with van der Waals surface area (Å²) in [6, 6.07) is 7.95. The standard InChI is InChI=1S/C25H31N3O4S/c1-7-9-14-28-18-13-11-10-12-17(18)15(3)20(28)22(29)26-23-19(25(31)32-8-2)16(4)21(33-23)24(30)27(5)6/h10-13H,7-9,14H2,1-6H3,(H,26,29). The van der Waals surface area contributed by atoms with Crippen molar-refractivity contribution in [2.45, 2.75) is 47.1 Å². The van der Waals surface area contributed by atoms with Gasteiger partial charge in [0.1, 0.15) is 10.7 Å². The average molecular weight is 470 g/mol. The second-order valence-corrected chi connectivity index (χ2v) is 9.15. The minimum absolute atomic E-state index is 0.197. The predicted octanol–water partition coefficient (Wildman–Crippen LogP) is 5.25. The van der Waals surface area contributed by atoms with Crippen LogP contribution in [0.25, 0.3) is 10.9 Å². The van der Waals surface area contributed by atoms with Gasteiger partial charge >= 0.3 is 5.97 Å². The lowest BCUT2D eigenvalue weighted by Crippen LogP contribution is -2.21. The van der Waals surface area contributed by atoms with E-state index in [0.717, 1.165) is 40.6 Å². The highest BCUT2D eigenvalue weighted by molar-refractivity contribution is 7.18. The van der Waals surface area contributed by atoms with Crippen molar-refractivity contribution in [1.82, 2.24) is 9.47 Å². The van der Waals surface area contributed by atoms with E-state index in [1.54, 1.807) is 27.9 Å². The molecule has 0 bridgehead atoms. The lowest BCUT2D eigenvalue weighted by atomic mass is 10.1. The third-order valence-corrected chi connectivity index (χ3v) is 6.82. The molecule has 3 aromatic rings. The Labute approximate surface area is 198 Å². The number of ether oxygens (including phenoxy) is 1. The Kier molecular flexibility index (Phi) is 7.58. The minimum Gasteiger partial charge on any atom is -0.462 e. The molecule has 0 aliphatic rings. The number of para-hydroxylation sites is 1. The number of hydrogen-bond acceptors (Lipinski definition) is 5. The summed E-state index contributed by atoms with van der Waals surface area (Å²) in [5, 5.41) is 4.28. The third-order valence-electron chi connectivity index (χ3n) is 5.63. The molecule has 0 aliphatic heterocycles. The number of benzene rings is 1. The lowest BCUT2D eigenvalue weighted by Gasteiger charge is -2.12. The second-order valence-electron chi connectivity index (χ2n) is 8.13. The number of fused-ring (bicyclic) bond motifs is 1. The molecular weight excluding hydrogens is 438 g/mol. The molecule has 2 heterocycles. The molecule has 2 aromatic heterocycles. The number of nitrogens with one attached hydrogen (secondary N) is 1. The van der Waals surface area contributed by atoms with Gasteiger partial charge in [0.25, 0.3) is 11.8 Å². The van der Waals surface area contributed by atoms with Crippen molar-refractivity contribution >= 4 is 45.0 Å². The van der Waals surface area contributed by atoms with Gasteiger partial charge in [-0.1, -0.05) is 31.5 Å². The van der Waals surface area contributed by atoms with Crippen molar-refractivity contribution in [2.75, 3.05) is 26.0 Å². The number of esters is 1. The first kappa shape index (κ1) is 24.5. The van der Waals surface area contributed by atoms with Gasteiger partial charge < -0.3 is 19.5 Å². The van der Waals surface area contributed by atoms with E-state index in [0.29, 0.717) is 27.7 Å². The lowest BCUT2D eigenvalue weighted by molar-refractivity contribution is 0.0527. The zero-order valence-corrected chi connectivity index (χ0v) is 20.9. The van der Waals surface area contributed by atoms with E-state index in [2.05, 4.69) is 12.2 Å². The van der Waals surface area contributed by atoms with Crippen molar-refractivity contribution in [3.05, 3.63) is 51.5 Å².